The summed E-state index contributed by atoms with van der Waals surface area (Å²) in [6, 6.07) is 20.4. The Bertz CT molecular complexity index is 1580. The monoisotopic (exact) mass is 640 g/mol. The molecule has 0 aliphatic carbocycles. The van der Waals surface area contributed by atoms with Gasteiger partial charge in [-0.05, 0) is 71.7 Å². The third-order valence-electron chi connectivity index (χ3n) is 6.28. The molecule has 42 heavy (non-hydrogen) atoms. The standard InChI is InChI=1S/C31H27BrF2N2O6/c1-3-40-31(37)19-41-30-16-25(13-14-26(30)32)42-24-11-7-21(8-12-24)17-35(18-22-9-10-23(33)15-27(22)34)28-5-4-6-29(20(28)2)36(38)39/h4-16H,3,17-19H2,1-2H3. The van der Waals surface area contributed by atoms with Gasteiger partial charge >= 0.3 is 5.97 Å². The van der Waals surface area contributed by atoms with Gasteiger partial charge in [0.05, 0.1) is 21.6 Å². The fourth-order valence-corrected chi connectivity index (χ4v) is 4.61. The first kappa shape index (κ1) is 30.4. The van der Waals surface area contributed by atoms with Crippen molar-refractivity contribution >= 4 is 33.3 Å². The molecular weight excluding hydrogens is 614 g/mol. The van der Waals surface area contributed by atoms with Gasteiger partial charge in [0.15, 0.2) is 6.61 Å². The highest BCUT2D eigenvalue weighted by Gasteiger charge is 2.20. The van der Waals surface area contributed by atoms with Gasteiger partial charge in [-0.3, -0.25) is 10.1 Å². The quantitative estimate of drug-likeness (QED) is 0.0883. The number of nitrogens with zero attached hydrogens (tertiary/aromatic N) is 2. The van der Waals surface area contributed by atoms with Crippen LogP contribution < -0.4 is 14.4 Å². The van der Waals surface area contributed by atoms with Crippen molar-refractivity contribution < 1.29 is 32.7 Å². The van der Waals surface area contributed by atoms with Crippen LogP contribution in [0.3, 0.4) is 0 Å². The van der Waals surface area contributed by atoms with Gasteiger partial charge in [0, 0.05) is 42.5 Å². The number of benzene rings is 4. The molecule has 0 saturated heterocycles. The number of hydrogen-bond acceptors (Lipinski definition) is 7. The largest absolute Gasteiger partial charge is 0.481 e. The summed E-state index contributed by atoms with van der Waals surface area (Å²) in [4.78, 5) is 24.5. The summed E-state index contributed by atoms with van der Waals surface area (Å²) in [5.74, 6) is -0.457. The second-order valence-corrected chi connectivity index (χ2v) is 10.1. The summed E-state index contributed by atoms with van der Waals surface area (Å²) in [6.07, 6.45) is 0. The van der Waals surface area contributed by atoms with Crippen LogP contribution in [0.1, 0.15) is 23.6 Å². The van der Waals surface area contributed by atoms with Crippen molar-refractivity contribution in [3.05, 3.63) is 122 Å². The zero-order chi connectivity index (χ0) is 30.2. The molecule has 4 aromatic rings. The van der Waals surface area contributed by atoms with Crippen molar-refractivity contribution in [2.75, 3.05) is 18.1 Å². The molecule has 4 aromatic carbocycles. The van der Waals surface area contributed by atoms with Gasteiger partial charge in [-0.1, -0.05) is 24.3 Å². The van der Waals surface area contributed by atoms with Crippen LogP contribution in [0.2, 0.25) is 0 Å². The number of nitro benzene ring substituents is 1. The molecule has 0 aliphatic heterocycles. The molecule has 0 aliphatic rings. The van der Waals surface area contributed by atoms with E-state index < -0.39 is 22.5 Å². The minimum Gasteiger partial charge on any atom is -0.481 e. The molecule has 0 N–H and O–H groups in total. The van der Waals surface area contributed by atoms with E-state index in [2.05, 4.69) is 15.9 Å². The van der Waals surface area contributed by atoms with Gasteiger partial charge in [0.25, 0.3) is 5.69 Å². The number of nitro groups is 1. The lowest BCUT2D eigenvalue weighted by Gasteiger charge is -2.27. The van der Waals surface area contributed by atoms with E-state index in [0.717, 1.165) is 11.6 Å². The molecule has 0 spiro atoms. The second kappa shape index (κ2) is 13.9. The Morgan fingerprint density at radius 2 is 1.71 bits per heavy atom. The zero-order valence-electron chi connectivity index (χ0n) is 22.8. The van der Waals surface area contributed by atoms with E-state index in [1.165, 1.54) is 18.2 Å². The molecule has 0 unspecified atom stereocenters. The van der Waals surface area contributed by atoms with Gasteiger partial charge in [-0.25, -0.2) is 13.6 Å². The highest BCUT2D eigenvalue weighted by molar-refractivity contribution is 9.10. The molecule has 0 aromatic heterocycles. The molecule has 0 fully saturated rings. The number of hydrogen-bond donors (Lipinski definition) is 0. The van der Waals surface area contributed by atoms with Gasteiger partial charge in [-0.15, -0.1) is 0 Å². The summed E-state index contributed by atoms with van der Waals surface area (Å²) < 4.78 is 45.1. The molecule has 11 heteroatoms. The average Bonchev–Trinajstić information content (AvgIpc) is 2.95. The van der Waals surface area contributed by atoms with Gasteiger partial charge < -0.3 is 19.1 Å². The fourth-order valence-electron chi connectivity index (χ4n) is 4.25. The van der Waals surface area contributed by atoms with Crippen LogP contribution in [-0.4, -0.2) is 24.1 Å². The molecule has 0 heterocycles. The minimum absolute atomic E-state index is 0.0547. The SMILES string of the molecule is CCOC(=O)COc1cc(Oc2ccc(CN(Cc3ccc(F)cc3F)c3cccc([N+](=O)[O-])c3C)cc2)ccc1Br. The average molecular weight is 641 g/mol. The predicted octanol–water partition coefficient (Wildman–Crippen LogP) is 7.88. The Morgan fingerprint density at radius 1 is 0.976 bits per heavy atom. The van der Waals surface area contributed by atoms with Gasteiger partial charge in [0.1, 0.15) is 28.9 Å². The maximum absolute atomic E-state index is 14.6. The van der Waals surface area contributed by atoms with E-state index in [1.807, 2.05) is 12.1 Å². The van der Waals surface area contributed by atoms with Gasteiger partial charge in [0.2, 0.25) is 0 Å². The maximum Gasteiger partial charge on any atom is 0.344 e. The van der Waals surface area contributed by atoms with Crippen molar-refractivity contribution in [1.82, 2.24) is 0 Å². The molecule has 0 amide bonds. The van der Waals surface area contributed by atoms with Crippen LogP contribution in [0.4, 0.5) is 20.2 Å². The Morgan fingerprint density at radius 3 is 2.40 bits per heavy atom. The van der Waals surface area contributed by atoms with Crippen molar-refractivity contribution in [2.24, 2.45) is 0 Å². The van der Waals surface area contributed by atoms with Crippen molar-refractivity contribution in [3.8, 4) is 17.2 Å². The Kier molecular flexibility index (Phi) is 10.1. The highest BCUT2D eigenvalue weighted by Crippen LogP contribution is 2.33. The molecule has 0 atom stereocenters. The maximum atomic E-state index is 14.6. The smallest absolute Gasteiger partial charge is 0.344 e. The summed E-state index contributed by atoms with van der Waals surface area (Å²) in [6.45, 7) is 3.71. The van der Waals surface area contributed by atoms with E-state index in [9.17, 15) is 23.7 Å². The van der Waals surface area contributed by atoms with E-state index in [4.69, 9.17) is 14.2 Å². The molecule has 0 radical (unpaired) electrons. The predicted molar refractivity (Wildman–Crippen MR) is 157 cm³/mol. The van der Waals surface area contributed by atoms with Crippen LogP contribution in [0.25, 0.3) is 0 Å². The number of carbonyl (C=O) groups excluding carboxylic acids is 1. The third kappa shape index (κ3) is 7.82. The summed E-state index contributed by atoms with van der Waals surface area (Å²) in [5, 5.41) is 11.6. The summed E-state index contributed by atoms with van der Waals surface area (Å²) >= 11 is 3.39. The fraction of sp³-hybridized carbons (Fsp3) is 0.194. The molecule has 0 bridgehead atoms. The first-order valence-corrected chi connectivity index (χ1v) is 13.7. The normalized spacial score (nSPS) is 10.7. The number of esters is 1. The van der Waals surface area contributed by atoms with Crippen molar-refractivity contribution in [1.29, 1.82) is 0 Å². The first-order valence-electron chi connectivity index (χ1n) is 12.9. The first-order chi connectivity index (χ1) is 20.1. The number of carbonyl (C=O) groups is 1. The zero-order valence-corrected chi connectivity index (χ0v) is 24.4. The topological polar surface area (TPSA) is 91.1 Å². The molecule has 8 nitrogen and oxygen atoms in total. The number of halogens is 3. The molecule has 218 valence electrons. The summed E-state index contributed by atoms with van der Waals surface area (Å²) in [5.41, 5.74) is 2.00. The lowest BCUT2D eigenvalue weighted by atomic mass is 10.1. The van der Waals surface area contributed by atoms with E-state index >= 15 is 0 Å². The van der Waals surface area contributed by atoms with Crippen molar-refractivity contribution in [2.45, 2.75) is 26.9 Å². The van der Waals surface area contributed by atoms with Gasteiger partial charge in [-0.2, -0.15) is 0 Å². The molecular formula is C31H27BrF2N2O6. The Labute approximate surface area is 249 Å². The van der Waals surface area contributed by atoms with E-state index in [1.54, 1.807) is 61.2 Å². The Balaban J connectivity index is 1.54. The molecule has 4 rings (SSSR count). The van der Waals surface area contributed by atoms with Crippen LogP contribution >= 0.6 is 15.9 Å². The third-order valence-corrected chi connectivity index (χ3v) is 6.93. The van der Waals surface area contributed by atoms with Crippen LogP contribution in [0.5, 0.6) is 17.2 Å². The Hall–Kier alpha value is -4.51. The minimum atomic E-state index is -0.702. The number of anilines is 1. The molecule has 0 saturated carbocycles. The lowest BCUT2D eigenvalue weighted by molar-refractivity contribution is -0.385. The van der Waals surface area contributed by atoms with Crippen molar-refractivity contribution in [3.63, 3.8) is 0 Å². The van der Waals surface area contributed by atoms with Crippen LogP contribution in [0.15, 0.2) is 83.3 Å². The van der Waals surface area contributed by atoms with E-state index in [-0.39, 0.29) is 37.6 Å². The number of rotatable bonds is 12. The van der Waals surface area contributed by atoms with Crippen LogP contribution in [-0.2, 0) is 22.6 Å². The van der Waals surface area contributed by atoms with Crippen LogP contribution in [0, 0.1) is 28.7 Å². The second-order valence-electron chi connectivity index (χ2n) is 9.20. The van der Waals surface area contributed by atoms with E-state index in [0.29, 0.717) is 33.0 Å². The lowest BCUT2D eigenvalue weighted by Crippen LogP contribution is -2.24. The highest BCUT2D eigenvalue weighted by atomic mass is 79.9. The summed E-state index contributed by atoms with van der Waals surface area (Å²) in [7, 11) is 0. The number of ether oxygens (including phenoxy) is 3.